The van der Waals surface area contributed by atoms with Gasteiger partial charge >= 0.3 is 0 Å². The first-order chi connectivity index (χ1) is 11.6. The van der Waals surface area contributed by atoms with Gasteiger partial charge in [0.2, 0.25) is 5.91 Å². The summed E-state index contributed by atoms with van der Waals surface area (Å²) in [5, 5.41) is 0. The molecule has 0 unspecified atom stereocenters. The second-order valence-corrected chi connectivity index (χ2v) is 6.66. The molecule has 0 atom stereocenters. The first-order valence-corrected chi connectivity index (χ1v) is 8.57. The summed E-state index contributed by atoms with van der Waals surface area (Å²) in [6, 6.07) is 8.24. The van der Waals surface area contributed by atoms with E-state index >= 15 is 0 Å². The zero-order chi connectivity index (χ0) is 16.7. The van der Waals surface area contributed by atoms with Crippen LogP contribution in [0, 0.1) is 6.92 Å². The molecule has 24 heavy (non-hydrogen) atoms. The van der Waals surface area contributed by atoms with Gasteiger partial charge in [0.05, 0.1) is 5.69 Å². The lowest BCUT2D eigenvalue weighted by molar-refractivity contribution is -0.132. The number of fused-ring (bicyclic) bond motifs is 2. The number of aromatic nitrogens is 2. The van der Waals surface area contributed by atoms with E-state index in [1.54, 1.807) is 4.57 Å². The maximum Gasteiger partial charge on any atom is 0.257 e. The van der Waals surface area contributed by atoms with Crippen LogP contribution in [0.3, 0.4) is 0 Å². The molecule has 0 fully saturated rings. The topological polar surface area (TPSA) is 55.2 Å². The highest BCUT2D eigenvalue weighted by Crippen LogP contribution is 2.19. The van der Waals surface area contributed by atoms with Crippen LogP contribution in [0.15, 0.2) is 29.1 Å². The summed E-state index contributed by atoms with van der Waals surface area (Å²) >= 11 is 0. The molecule has 5 heteroatoms. The Morgan fingerprint density at radius 3 is 2.79 bits per heavy atom. The SMILES string of the molecule is Cc1nc2c(c(=O)n1CC(=O)N1CCc3ccccc3C1)CCC2. The molecule has 2 heterocycles. The van der Waals surface area contributed by atoms with Crippen molar-refractivity contribution in [2.45, 2.75) is 45.7 Å². The number of nitrogens with zero attached hydrogens (tertiary/aromatic N) is 3. The lowest BCUT2D eigenvalue weighted by Gasteiger charge is -2.29. The Morgan fingerprint density at radius 1 is 1.17 bits per heavy atom. The first-order valence-electron chi connectivity index (χ1n) is 8.57. The van der Waals surface area contributed by atoms with E-state index in [2.05, 4.69) is 17.1 Å². The van der Waals surface area contributed by atoms with Crippen molar-refractivity contribution >= 4 is 5.91 Å². The van der Waals surface area contributed by atoms with Crippen LogP contribution in [0.2, 0.25) is 0 Å². The van der Waals surface area contributed by atoms with Crippen molar-refractivity contribution in [3.63, 3.8) is 0 Å². The minimum atomic E-state index is -0.0271. The monoisotopic (exact) mass is 323 g/mol. The molecule has 0 radical (unpaired) electrons. The molecular formula is C19H21N3O2. The average Bonchev–Trinajstić information content (AvgIpc) is 3.06. The fraction of sp³-hybridized carbons (Fsp3) is 0.421. The van der Waals surface area contributed by atoms with Gasteiger partial charge in [-0.25, -0.2) is 4.98 Å². The number of carbonyl (C=O) groups is 1. The largest absolute Gasteiger partial charge is 0.336 e. The van der Waals surface area contributed by atoms with E-state index in [0.29, 0.717) is 18.9 Å². The van der Waals surface area contributed by atoms with Crippen LogP contribution in [0.25, 0.3) is 0 Å². The van der Waals surface area contributed by atoms with Gasteiger partial charge in [-0.15, -0.1) is 0 Å². The van der Waals surface area contributed by atoms with Gasteiger partial charge in [-0.1, -0.05) is 24.3 Å². The van der Waals surface area contributed by atoms with E-state index in [9.17, 15) is 9.59 Å². The molecule has 1 aromatic heterocycles. The van der Waals surface area contributed by atoms with Gasteiger partial charge in [-0.05, 0) is 43.7 Å². The number of hydrogen-bond acceptors (Lipinski definition) is 3. The Morgan fingerprint density at radius 2 is 1.96 bits per heavy atom. The van der Waals surface area contributed by atoms with E-state index in [-0.39, 0.29) is 18.0 Å². The number of aryl methyl sites for hydroxylation is 2. The molecule has 0 bridgehead atoms. The van der Waals surface area contributed by atoms with Crippen LogP contribution in [-0.2, 0) is 37.1 Å². The molecule has 1 aliphatic carbocycles. The molecule has 4 rings (SSSR count). The minimum Gasteiger partial charge on any atom is -0.336 e. The summed E-state index contributed by atoms with van der Waals surface area (Å²) in [7, 11) is 0. The van der Waals surface area contributed by atoms with Gasteiger partial charge in [0, 0.05) is 18.7 Å². The summed E-state index contributed by atoms with van der Waals surface area (Å²) in [4.78, 5) is 31.8. The third-order valence-corrected chi connectivity index (χ3v) is 5.16. The van der Waals surface area contributed by atoms with Crippen LogP contribution in [0.1, 0.15) is 34.6 Å². The van der Waals surface area contributed by atoms with Crippen molar-refractivity contribution in [2.75, 3.05) is 6.54 Å². The summed E-state index contributed by atoms with van der Waals surface area (Å²) in [5.41, 5.74) is 4.22. The molecule has 0 saturated carbocycles. The minimum absolute atomic E-state index is 0.00514. The van der Waals surface area contributed by atoms with Gasteiger partial charge < -0.3 is 4.90 Å². The normalized spacial score (nSPS) is 16.0. The second-order valence-electron chi connectivity index (χ2n) is 6.66. The molecule has 1 amide bonds. The zero-order valence-corrected chi connectivity index (χ0v) is 13.9. The molecule has 0 spiro atoms. The second kappa shape index (κ2) is 5.89. The maximum absolute atomic E-state index is 12.7. The predicted octanol–water partition coefficient (Wildman–Crippen LogP) is 1.63. The van der Waals surface area contributed by atoms with Gasteiger partial charge in [-0.2, -0.15) is 0 Å². The molecule has 1 aliphatic heterocycles. The average molecular weight is 323 g/mol. The van der Waals surface area contributed by atoms with Crippen LogP contribution in [0.5, 0.6) is 0 Å². The van der Waals surface area contributed by atoms with Crippen molar-refractivity contribution in [2.24, 2.45) is 0 Å². The van der Waals surface area contributed by atoms with Gasteiger partial charge in [0.25, 0.3) is 5.56 Å². The lowest BCUT2D eigenvalue weighted by Crippen LogP contribution is -2.40. The molecule has 124 valence electrons. The van der Waals surface area contributed by atoms with Crippen LogP contribution < -0.4 is 5.56 Å². The van der Waals surface area contributed by atoms with Crippen molar-refractivity contribution in [3.05, 3.63) is 62.8 Å². The fourth-order valence-corrected chi connectivity index (χ4v) is 3.78. The molecular weight excluding hydrogens is 302 g/mol. The van der Waals surface area contributed by atoms with Crippen LogP contribution >= 0.6 is 0 Å². The summed E-state index contributed by atoms with van der Waals surface area (Å²) in [5.74, 6) is 0.640. The van der Waals surface area contributed by atoms with E-state index in [0.717, 1.165) is 36.9 Å². The summed E-state index contributed by atoms with van der Waals surface area (Å²) in [6.45, 7) is 3.25. The Balaban J connectivity index is 1.57. The van der Waals surface area contributed by atoms with Crippen molar-refractivity contribution in [3.8, 4) is 0 Å². The number of benzene rings is 1. The number of carbonyl (C=O) groups excluding carboxylic acids is 1. The lowest BCUT2D eigenvalue weighted by atomic mass is 10.00. The Kier molecular flexibility index (Phi) is 3.71. The Labute approximate surface area is 140 Å². The number of rotatable bonds is 2. The van der Waals surface area contributed by atoms with E-state index < -0.39 is 0 Å². The summed E-state index contributed by atoms with van der Waals surface area (Å²) in [6.07, 6.45) is 3.52. The molecule has 5 nitrogen and oxygen atoms in total. The summed E-state index contributed by atoms with van der Waals surface area (Å²) < 4.78 is 1.55. The van der Waals surface area contributed by atoms with E-state index in [1.165, 1.54) is 11.1 Å². The quantitative estimate of drug-likeness (QED) is 0.844. The predicted molar refractivity (Wildman–Crippen MR) is 90.8 cm³/mol. The van der Waals surface area contributed by atoms with Gasteiger partial charge in [0.15, 0.2) is 0 Å². The highest BCUT2D eigenvalue weighted by Gasteiger charge is 2.24. The fourth-order valence-electron chi connectivity index (χ4n) is 3.78. The standard InChI is InChI=1S/C19H21N3O2/c1-13-20-17-8-4-7-16(17)19(24)22(13)12-18(23)21-10-9-14-5-2-3-6-15(14)11-21/h2-3,5-6H,4,7-12H2,1H3. The zero-order valence-electron chi connectivity index (χ0n) is 13.9. The Bertz CT molecular complexity index is 869. The molecule has 0 N–H and O–H groups in total. The third-order valence-electron chi connectivity index (χ3n) is 5.16. The van der Waals surface area contributed by atoms with Crippen molar-refractivity contribution in [1.29, 1.82) is 0 Å². The van der Waals surface area contributed by atoms with Gasteiger partial charge in [0.1, 0.15) is 12.4 Å². The smallest absolute Gasteiger partial charge is 0.257 e. The van der Waals surface area contributed by atoms with Crippen LogP contribution in [0.4, 0.5) is 0 Å². The third kappa shape index (κ3) is 2.54. The maximum atomic E-state index is 12.7. The molecule has 2 aromatic rings. The number of amides is 1. The van der Waals surface area contributed by atoms with Gasteiger partial charge in [-0.3, -0.25) is 14.2 Å². The Hall–Kier alpha value is -2.43. The van der Waals surface area contributed by atoms with Crippen LogP contribution in [-0.4, -0.2) is 26.9 Å². The number of hydrogen-bond donors (Lipinski definition) is 0. The van der Waals surface area contributed by atoms with E-state index in [1.807, 2.05) is 24.0 Å². The van der Waals surface area contributed by atoms with Crippen molar-refractivity contribution < 1.29 is 4.79 Å². The van der Waals surface area contributed by atoms with Crippen molar-refractivity contribution in [1.82, 2.24) is 14.5 Å². The molecule has 2 aliphatic rings. The van der Waals surface area contributed by atoms with E-state index in [4.69, 9.17) is 0 Å². The molecule has 0 saturated heterocycles. The highest BCUT2D eigenvalue weighted by molar-refractivity contribution is 5.76. The molecule has 1 aromatic carbocycles. The first kappa shape index (κ1) is 15.1. The highest BCUT2D eigenvalue weighted by atomic mass is 16.2.